The van der Waals surface area contributed by atoms with Crippen LogP contribution in [-0.2, 0) is 17.4 Å². The van der Waals surface area contributed by atoms with Gasteiger partial charge in [-0.3, -0.25) is 14.4 Å². The van der Waals surface area contributed by atoms with Gasteiger partial charge in [-0.05, 0) is 13.3 Å². The van der Waals surface area contributed by atoms with Crippen LogP contribution in [0.2, 0.25) is 0 Å². The molecule has 1 N–H and O–H groups in total. The molecule has 3 heterocycles. The van der Waals surface area contributed by atoms with Crippen LogP contribution in [0, 0.1) is 11.7 Å². The van der Waals surface area contributed by atoms with Gasteiger partial charge in [0.2, 0.25) is 5.91 Å². The van der Waals surface area contributed by atoms with E-state index in [-0.39, 0.29) is 34.2 Å². The number of amides is 1. The highest BCUT2D eigenvalue weighted by atomic mass is 19.3. The number of aromatic nitrogens is 3. The maximum Gasteiger partial charge on any atom is 0.274 e. The number of likely N-dealkylation sites (tertiary alicyclic amines) is 1. The smallest absolute Gasteiger partial charge is 0.274 e. The molecule has 184 valence electrons. The van der Waals surface area contributed by atoms with E-state index < -0.39 is 34.9 Å². The van der Waals surface area contributed by atoms with Gasteiger partial charge >= 0.3 is 0 Å². The third-order valence-corrected chi connectivity index (χ3v) is 7.23. The summed E-state index contributed by atoms with van der Waals surface area (Å²) in [6.45, 7) is 4.05. The molecule has 1 amide bonds. The van der Waals surface area contributed by atoms with Crippen LogP contribution in [0.25, 0.3) is 10.8 Å². The topological polar surface area (TPSA) is 89.2 Å². The van der Waals surface area contributed by atoms with E-state index in [2.05, 4.69) is 10.4 Å². The van der Waals surface area contributed by atoms with E-state index in [1.807, 2.05) is 0 Å². The van der Waals surface area contributed by atoms with E-state index in [1.54, 1.807) is 22.6 Å². The molecule has 1 aromatic carbocycles. The van der Waals surface area contributed by atoms with Crippen LogP contribution in [0.3, 0.4) is 0 Å². The van der Waals surface area contributed by atoms with E-state index >= 15 is 0 Å². The van der Waals surface area contributed by atoms with Gasteiger partial charge in [-0.25, -0.2) is 17.9 Å². The summed E-state index contributed by atoms with van der Waals surface area (Å²) >= 11 is 0. The summed E-state index contributed by atoms with van der Waals surface area (Å²) in [5, 5.41) is 7.79. The van der Waals surface area contributed by atoms with Crippen molar-refractivity contribution in [3.63, 3.8) is 0 Å². The molecule has 2 fully saturated rings. The van der Waals surface area contributed by atoms with E-state index in [0.717, 1.165) is 17.2 Å². The first-order valence-electron chi connectivity index (χ1n) is 11.3. The first-order valence-corrected chi connectivity index (χ1v) is 11.3. The minimum absolute atomic E-state index is 0.0219. The number of hydrogen-bond acceptors (Lipinski definition) is 5. The number of nitrogens with zero attached hydrogens (tertiary/aromatic N) is 4. The Kier molecular flexibility index (Phi) is 5.26. The second-order valence-corrected chi connectivity index (χ2v) is 9.41. The lowest BCUT2D eigenvalue weighted by molar-refractivity contribution is -0.128. The maximum absolute atomic E-state index is 14.7. The van der Waals surface area contributed by atoms with Gasteiger partial charge in [-0.1, -0.05) is 18.2 Å². The fourth-order valence-corrected chi connectivity index (χ4v) is 5.20. The summed E-state index contributed by atoms with van der Waals surface area (Å²) in [6.07, 6.45) is -0.651. The van der Waals surface area contributed by atoms with E-state index in [1.165, 1.54) is 32.2 Å². The summed E-state index contributed by atoms with van der Waals surface area (Å²) in [7, 11) is 1.43. The molecule has 2 aliphatic rings. The maximum atomic E-state index is 14.7. The number of carbonyl (C=O) groups excluding carboxylic acids is 1. The van der Waals surface area contributed by atoms with E-state index in [4.69, 9.17) is 0 Å². The number of alkyl halides is 2. The fourth-order valence-electron chi connectivity index (χ4n) is 5.20. The normalized spacial score (nSPS) is 21.9. The molecule has 1 aliphatic carbocycles. The van der Waals surface area contributed by atoms with Crippen molar-refractivity contribution in [3.05, 3.63) is 68.1 Å². The predicted molar refractivity (Wildman–Crippen MR) is 123 cm³/mol. The number of rotatable bonds is 5. The molecule has 5 rings (SSSR count). The molecule has 0 radical (unpaired) electrons. The molecule has 0 bridgehead atoms. The monoisotopic (exact) mass is 487 g/mol. The van der Waals surface area contributed by atoms with Gasteiger partial charge in [0.25, 0.3) is 17.5 Å². The zero-order chi connectivity index (χ0) is 25.2. The molecule has 0 spiro atoms. The van der Waals surface area contributed by atoms with Crippen molar-refractivity contribution in [2.24, 2.45) is 13.0 Å². The molecule has 1 aliphatic heterocycles. The van der Waals surface area contributed by atoms with Crippen molar-refractivity contribution >= 4 is 22.5 Å². The first kappa shape index (κ1) is 23.1. The van der Waals surface area contributed by atoms with Gasteiger partial charge in [-0.15, -0.1) is 0 Å². The Morgan fingerprint density at radius 2 is 1.94 bits per heavy atom. The van der Waals surface area contributed by atoms with E-state index in [0.29, 0.717) is 18.5 Å². The number of hydrogen-bond donors (Lipinski definition) is 1. The molecule has 11 heteroatoms. The lowest BCUT2D eigenvalue weighted by atomic mass is 10.0. The summed E-state index contributed by atoms with van der Waals surface area (Å²) in [4.78, 5) is 39.4. The van der Waals surface area contributed by atoms with Crippen molar-refractivity contribution in [1.82, 2.24) is 19.2 Å². The van der Waals surface area contributed by atoms with Crippen LogP contribution in [0.4, 0.5) is 19.0 Å². The van der Waals surface area contributed by atoms with Crippen LogP contribution < -0.4 is 16.4 Å². The van der Waals surface area contributed by atoms with Crippen molar-refractivity contribution in [2.45, 2.75) is 38.3 Å². The van der Waals surface area contributed by atoms with Gasteiger partial charge in [-0.2, -0.15) is 5.10 Å². The molecule has 3 aromatic rings. The number of halogens is 3. The molecule has 3 atom stereocenters. The number of fused-ring (bicyclic) bond motifs is 2. The van der Waals surface area contributed by atoms with Crippen LogP contribution >= 0.6 is 0 Å². The number of anilines is 1. The lowest BCUT2D eigenvalue weighted by Crippen LogP contribution is -2.38. The third kappa shape index (κ3) is 3.60. The lowest BCUT2D eigenvalue weighted by Gasteiger charge is -2.23. The zero-order valence-electron chi connectivity index (χ0n) is 19.4. The Morgan fingerprint density at radius 3 is 2.60 bits per heavy atom. The van der Waals surface area contributed by atoms with Crippen LogP contribution in [0.1, 0.15) is 43.9 Å². The molecular weight excluding hydrogens is 463 g/mol. The Hall–Kier alpha value is -3.63. The summed E-state index contributed by atoms with van der Waals surface area (Å²) in [6, 6.07) is 4.28. The number of benzene rings is 1. The van der Waals surface area contributed by atoms with Crippen molar-refractivity contribution in [2.75, 3.05) is 18.4 Å². The predicted octanol–water partition coefficient (Wildman–Crippen LogP) is 2.92. The molecule has 2 aromatic heterocycles. The second-order valence-electron chi connectivity index (χ2n) is 9.41. The Labute approximate surface area is 198 Å². The highest BCUT2D eigenvalue weighted by Gasteiger charge is 2.62. The SMILES string of the molecule is CC(=O)N1CC2CC2(n2cc3c(N[C@H](C)c4cccc(C(F)F)c4F)nn(C)c(=O)c3cc2=O)C1. The molecular formula is C24H24F3N5O3. The number of carbonyl (C=O) groups is 1. The third-order valence-electron chi connectivity index (χ3n) is 7.23. The Bertz CT molecular complexity index is 1480. The summed E-state index contributed by atoms with van der Waals surface area (Å²) in [5.41, 5.74) is -2.04. The van der Waals surface area contributed by atoms with Gasteiger partial charge in [0.1, 0.15) is 5.82 Å². The number of nitrogens with one attached hydrogen (secondary N) is 1. The summed E-state index contributed by atoms with van der Waals surface area (Å²) in [5.74, 6) is -0.725. The van der Waals surface area contributed by atoms with Gasteiger partial charge < -0.3 is 14.8 Å². The average Bonchev–Trinajstić information content (AvgIpc) is 3.36. The van der Waals surface area contributed by atoms with Gasteiger partial charge in [0, 0.05) is 56.2 Å². The minimum atomic E-state index is -2.96. The Balaban J connectivity index is 1.59. The van der Waals surface area contributed by atoms with Gasteiger partial charge in [0.15, 0.2) is 5.82 Å². The van der Waals surface area contributed by atoms with Crippen LogP contribution in [0.5, 0.6) is 0 Å². The zero-order valence-corrected chi connectivity index (χ0v) is 19.4. The highest BCUT2D eigenvalue weighted by Crippen LogP contribution is 2.55. The minimum Gasteiger partial charge on any atom is -0.361 e. The summed E-state index contributed by atoms with van der Waals surface area (Å²) < 4.78 is 43.7. The quantitative estimate of drug-likeness (QED) is 0.598. The molecule has 1 saturated heterocycles. The molecule has 1 saturated carbocycles. The molecule has 8 nitrogen and oxygen atoms in total. The standard InChI is InChI=1S/C24H24F3N5O3/c1-12(15-5-4-6-16(20(15)25)21(26)27)28-22-18-10-32(19(34)7-17(18)23(35)30(3)29-22)24-8-14(24)9-31(11-24)13(2)33/h4-7,10,12,14,21H,8-9,11H2,1-3H3,(H,28,29)/t12-,14?,24?/m1/s1. The number of aryl methyl sites for hydroxylation is 1. The van der Waals surface area contributed by atoms with Gasteiger partial charge in [0.05, 0.1) is 22.5 Å². The number of pyridine rings is 1. The van der Waals surface area contributed by atoms with E-state index in [9.17, 15) is 27.6 Å². The molecule has 35 heavy (non-hydrogen) atoms. The highest BCUT2D eigenvalue weighted by molar-refractivity contribution is 5.90. The van der Waals surface area contributed by atoms with Crippen molar-refractivity contribution < 1.29 is 18.0 Å². The average molecular weight is 487 g/mol. The van der Waals surface area contributed by atoms with Crippen molar-refractivity contribution in [3.8, 4) is 0 Å². The first-order chi connectivity index (χ1) is 16.5. The Morgan fingerprint density at radius 1 is 1.23 bits per heavy atom. The van der Waals surface area contributed by atoms with Crippen LogP contribution in [0.15, 0.2) is 40.1 Å². The number of piperidine rings is 1. The largest absolute Gasteiger partial charge is 0.361 e. The fraction of sp³-hybridized carbons (Fsp3) is 0.417. The van der Waals surface area contributed by atoms with Crippen LogP contribution in [-0.4, -0.2) is 38.2 Å². The van der Waals surface area contributed by atoms with Crippen molar-refractivity contribution in [1.29, 1.82) is 0 Å². The second kappa shape index (κ2) is 7.96. The molecule has 2 unspecified atom stereocenters.